The van der Waals surface area contributed by atoms with Gasteiger partial charge >= 0.3 is 6.18 Å². The molecule has 0 spiro atoms. The lowest BCUT2D eigenvalue weighted by Gasteiger charge is -2.39. The van der Waals surface area contributed by atoms with E-state index in [1.807, 2.05) is 23.1 Å². The highest BCUT2D eigenvalue weighted by Gasteiger charge is 2.34. The van der Waals surface area contributed by atoms with Crippen molar-refractivity contribution in [3.8, 4) is 0 Å². The van der Waals surface area contributed by atoms with Crippen LogP contribution in [0, 0.1) is 0 Å². The minimum absolute atomic E-state index is 0.238. The quantitative estimate of drug-likeness (QED) is 0.364. The number of tetrazole rings is 1. The van der Waals surface area contributed by atoms with Gasteiger partial charge in [-0.3, -0.25) is 9.69 Å². The predicted molar refractivity (Wildman–Crippen MR) is 141 cm³/mol. The van der Waals surface area contributed by atoms with Crippen LogP contribution in [0.1, 0.15) is 35.5 Å². The molecule has 206 valence electrons. The molecule has 0 amide bonds. The number of pyridine rings is 1. The molecule has 1 fully saturated rings. The SMILES string of the molecule is CCc1ccc2[nH]c(=O)c([C@H](c3nnnn3CCOC)N3CCN(c4cccc(C(F)(F)F)c4)CC3)cc2c1. The highest BCUT2D eigenvalue weighted by molar-refractivity contribution is 5.80. The summed E-state index contributed by atoms with van der Waals surface area (Å²) < 4.78 is 46.7. The first-order valence-electron chi connectivity index (χ1n) is 12.9. The molecule has 0 unspecified atom stereocenters. The summed E-state index contributed by atoms with van der Waals surface area (Å²) in [6.45, 7) is 4.80. The average Bonchev–Trinajstić information content (AvgIpc) is 3.40. The van der Waals surface area contributed by atoms with E-state index in [9.17, 15) is 18.0 Å². The zero-order valence-corrected chi connectivity index (χ0v) is 21.8. The maximum atomic E-state index is 13.4. The van der Waals surface area contributed by atoms with Crippen LogP contribution in [0.4, 0.5) is 18.9 Å². The van der Waals surface area contributed by atoms with Crippen molar-refractivity contribution < 1.29 is 17.9 Å². The highest BCUT2D eigenvalue weighted by Crippen LogP contribution is 2.33. The number of hydrogen-bond donors (Lipinski definition) is 1. The standard InChI is InChI=1S/C27H30F3N7O2/c1-3-18-7-8-23-19(15-18)16-22(26(38)31-23)24(25-32-33-34-37(25)13-14-39-2)36-11-9-35(10-12-36)21-6-4-5-20(17-21)27(28,29)30/h4-8,15-17,24H,3,9-14H2,1-2H3,(H,31,38)/t24-/m1/s1. The van der Waals surface area contributed by atoms with Crippen LogP contribution in [0.15, 0.2) is 53.3 Å². The predicted octanol–water partition coefficient (Wildman–Crippen LogP) is 3.65. The molecule has 1 aliphatic heterocycles. The Kier molecular flexibility index (Phi) is 7.67. The number of rotatable bonds is 8. The van der Waals surface area contributed by atoms with E-state index in [-0.39, 0.29) is 5.56 Å². The third-order valence-corrected chi connectivity index (χ3v) is 7.17. The molecule has 4 aromatic rings. The van der Waals surface area contributed by atoms with Gasteiger partial charge in [-0.05, 0) is 64.2 Å². The molecule has 12 heteroatoms. The van der Waals surface area contributed by atoms with E-state index in [0.717, 1.165) is 29.0 Å². The second-order valence-electron chi connectivity index (χ2n) is 9.56. The van der Waals surface area contributed by atoms with Crippen LogP contribution in [0.5, 0.6) is 0 Å². The van der Waals surface area contributed by atoms with Crippen molar-refractivity contribution >= 4 is 16.6 Å². The second-order valence-corrected chi connectivity index (χ2v) is 9.56. The van der Waals surface area contributed by atoms with Crippen molar-refractivity contribution in [1.82, 2.24) is 30.1 Å². The summed E-state index contributed by atoms with van der Waals surface area (Å²) in [7, 11) is 1.59. The normalized spacial score (nSPS) is 15.7. The summed E-state index contributed by atoms with van der Waals surface area (Å²) in [5, 5.41) is 13.2. The summed E-state index contributed by atoms with van der Waals surface area (Å²) in [6.07, 6.45) is -3.54. The van der Waals surface area contributed by atoms with E-state index >= 15 is 0 Å². The zero-order valence-electron chi connectivity index (χ0n) is 21.8. The van der Waals surface area contributed by atoms with Crippen LogP contribution in [-0.2, 0) is 23.9 Å². The maximum Gasteiger partial charge on any atom is 0.416 e. The Balaban J connectivity index is 1.49. The summed E-state index contributed by atoms with van der Waals surface area (Å²) in [5.74, 6) is 0.510. The van der Waals surface area contributed by atoms with Gasteiger partial charge in [-0.25, -0.2) is 4.68 Å². The van der Waals surface area contributed by atoms with E-state index in [0.29, 0.717) is 56.4 Å². The largest absolute Gasteiger partial charge is 0.416 e. The minimum Gasteiger partial charge on any atom is -0.383 e. The number of ether oxygens (including phenoxy) is 1. The van der Waals surface area contributed by atoms with Crippen LogP contribution >= 0.6 is 0 Å². The van der Waals surface area contributed by atoms with Gasteiger partial charge in [0, 0.05) is 50.1 Å². The fourth-order valence-electron chi connectivity index (χ4n) is 5.06. The van der Waals surface area contributed by atoms with Gasteiger partial charge < -0.3 is 14.6 Å². The molecule has 0 aliphatic carbocycles. The van der Waals surface area contributed by atoms with Gasteiger partial charge in [0.05, 0.1) is 18.7 Å². The molecule has 2 aromatic heterocycles. The first-order valence-corrected chi connectivity index (χ1v) is 12.9. The van der Waals surface area contributed by atoms with Crippen molar-refractivity contribution in [3.63, 3.8) is 0 Å². The van der Waals surface area contributed by atoms with Gasteiger partial charge in [-0.15, -0.1) is 5.10 Å². The smallest absolute Gasteiger partial charge is 0.383 e. The number of anilines is 1. The molecule has 39 heavy (non-hydrogen) atoms. The number of piperazine rings is 1. The first-order chi connectivity index (χ1) is 18.8. The Hall–Kier alpha value is -3.77. The van der Waals surface area contributed by atoms with Crippen LogP contribution < -0.4 is 10.5 Å². The number of nitrogens with zero attached hydrogens (tertiary/aromatic N) is 6. The van der Waals surface area contributed by atoms with Gasteiger partial charge in [0.25, 0.3) is 5.56 Å². The molecular weight excluding hydrogens is 511 g/mol. The third kappa shape index (κ3) is 5.66. The number of benzene rings is 2. The van der Waals surface area contributed by atoms with E-state index < -0.39 is 17.8 Å². The van der Waals surface area contributed by atoms with Crippen molar-refractivity contribution in [1.29, 1.82) is 0 Å². The molecule has 0 radical (unpaired) electrons. The molecule has 0 saturated carbocycles. The molecule has 0 bridgehead atoms. The number of aryl methyl sites for hydroxylation is 1. The molecule has 1 saturated heterocycles. The van der Waals surface area contributed by atoms with Gasteiger partial charge in [0.15, 0.2) is 5.82 Å². The number of nitrogens with one attached hydrogen (secondary N) is 1. The Morgan fingerprint density at radius 2 is 1.87 bits per heavy atom. The lowest BCUT2D eigenvalue weighted by atomic mass is 10.0. The molecule has 1 N–H and O–H groups in total. The molecule has 9 nitrogen and oxygen atoms in total. The van der Waals surface area contributed by atoms with Gasteiger partial charge in [-0.2, -0.15) is 13.2 Å². The third-order valence-electron chi connectivity index (χ3n) is 7.17. The van der Waals surface area contributed by atoms with Crippen LogP contribution in [0.2, 0.25) is 0 Å². The zero-order chi connectivity index (χ0) is 27.6. The monoisotopic (exact) mass is 541 g/mol. The van der Waals surface area contributed by atoms with Crippen LogP contribution in [0.25, 0.3) is 10.9 Å². The molecular formula is C27H30F3N7O2. The second kappa shape index (κ2) is 11.1. The van der Waals surface area contributed by atoms with Crippen LogP contribution in [-0.4, -0.2) is 70.0 Å². The first kappa shape index (κ1) is 26.8. The number of H-pyrrole nitrogens is 1. The number of aromatic amines is 1. The Labute approximate surface area is 223 Å². The van der Waals surface area contributed by atoms with Gasteiger partial charge in [0.2, 0.25) is 0 Å². The fourth-order valence-corrected chi connectivity index (χ4v) is 5.06. The molecule has 1 atom stereocenters. The van der Waals surface area contributed by atoms with Gasteiger partial charge in [0.1, 0.15) is 6.04 Å². The van der Waals surface area contributed by atoms with Crippen molar-refractivity contribution in [2.45, 2.75) is 32.1 Å². The Morgan fingerprint density at radius 3 is 2.59 bits per heavy atom. The minimum atomic E-state index is -4.41. The number of hydrogen-bond acceptors (Lipinski definition) is 7. The van der Waals surface area contributed by atoms with E-state index in [1.54, 1.807) is 17.9 Å². The van der Waals surface area contributed by atoms with Gasteiger partial charge in [-0.1, -0.05) is 19.1 Å². The van der Waals surface area contributed by atoms with E-state index in [4.69, 9.17) is 4.74 Å². The number of alkyl halides is 3. The number of fused-ring (bicyclic) bond motifs is 1. The Bertz CT molecular complexity index is 1490. The lowest BCUT2D eigenvalue weighted by Crippen LogP contribution is -2.49. The molecule has 1 aliphatic rings. The summed E-state index contributed by atoms with van der Waals surface area (Å²) in [6, 6.07) is 12.7. The number of aromatic nitrogens is 5. The van der Waals surface area contributed by atoms with Crippen molar-refractivity contribution in [2.24, 2.45) is 0 Å². The maximum absolute atomic E-state index is 13.4. The number of methoxy groups -OCH3 is 1. The Morgan fingerprint density at radius 1 is 1.08 bits per heavy atom. The topological polar surface area (TPSA) is 92.2 Å². The fraction of sp³-hybridized carbons (Fsp3) is 0.407. The van der Waals surface area contributed by atoms with Crippen molar-refractivity contribution in [3.05, 3.63) is 81.4 Å². The van der Waals surface area contributed by atoms with E-state index in [1.165, 1.54) is 12.1 Å². The summed E-state index contributed by atoms with van der Waals surface area (Å²) >= 11 is 0. The molecule has 5 rings (SSSR count). The summed E-state index contributed by atoms with van der Waals surface area (Å²) in [4.78, 5) is 20.5. The average molecular weight is 542 g/mol. The van der Waals surface area contributed by atoms with Crippen molar-refractivity contribution in [2.75, 3.05) is 44.8 Å². The van der Waals surface area contributed by atoms with E-state index in [2.05, 4.69) is 38.4 Å². The number of halogens is 3. The lowest BCUT2D eigenvalue weighted by molar-refractivity contribution is -0.137. The molecule has 2 aromatic carbocycles. The summed E-state index contributed by atoms with van der Waals surface area (Å²) in [5.41, 5.74) is 2.01. The highest BCUT2D eigenvalue weighted by atomic mass is 19.4. The van der Waals surface area contributed by atoms with Crippen LogP contribution in [0.3, 0.4) is 0 Å². The molecule has 3 heterocycles.